The molecule has 0 atom stereocenters. The summed E-state index contributed by atoms with van der Waals surface area (Å²) in [5.74, 6) is -2.37. The van der Waals surface area contributed by atoms with Gasteiger partial charge in [0.25, 0.3) is 5.69 Å². The lowest BCUT2D eigenvalue weighted by atomic mass is 10.2. The Morgan fingerprint density at radius 2 is 2.12 bits per heavy atom. The van der Waals surface area contributed by atoms with Gasteiger partial charge in [-0.3, -0.25) is 14.9 Å². The molecule has 0 radical (unpaired) electrons. The normalized spacial score (nSPS) is 11.0. The van der Waals surface area contributed by atoms with E-state index in [4.69, 9.17) is 0 Å². The molecule has 0 aliphatic rings. The number of halogens is 3. The van der Waals surface area contributed by atoms with Gasteiger partial charge >= 0.3 is 10.7 Å². The van der Waals surface area contributed by atoms with Crippen LogP contribution in [-0.2, 0) is 4.79 Å². The van der Waals surface area contributed by atoms with E-state index in [1.54, 1.807) is 5.32 Å². The van der Waals surface area contributed by atoms with Gasteiger partial charge < -0.3 is 10.4 Å². The van der Waals surface area contributed by atoms with Crippen LogP contribution in [0.25, 0.3) is 0 Å². The molecule has 17 heavy (non-hydrogen) atoms. The molecule has 0 unspecified atom stereocenters. The molecule has 1 aromatic carbocycles. The van der Waals surface area contributed by atoms with Gasteiger partial charge in [0.2, 0.25) is 0 Å². The van der Waals surface area contributed by atoms with Crippen LogP contribution in [0.2, 0.25) is 0 Å². The van der Waals surface area contributed by atoms with Gasteiger partial charge in [0.1, 0.15) is 5.75 Å². The molecular weight excluding hydrogens is 306 g/mol. The number of carbonyl (C=O) groups is 1. The third-order valence-electron chi connectivity index (χ3n) is 1.70. The van der Waals surface area contributed by atoms with Gasteiger partial charge in [-0.15, -0.1) is 0 Å². The van der Waals surface area contributed by atoms with Crippen LogP contribution in [0.4, 0.5) is 20.2 Å². The van der Waals surface area contributed by atoms with E-state index in [1.165, 1.54) is 0 Å². The molecule has 9 heteroatoms. The number of benzene rings is 1. The van der Waals surface area contributed by atoms with E-state index in [-0.39, 0.29) is 5.69 Å². The molecule has 0 aromatic heterocycles. The molecule has 0 fully saturated rings. The molecule has 92 valence electrons. The Morgan fingerprint density at radius 1 is 1.53 bits per heavy atom. The number of nitro groups is 1. The summed E-state index contributed by atoms with van der Waals surface area (Å²) in [6, 6.07) is 2.65. The lowest BCUT2D eigenvalue weighted by Gasteiger charge is -2.10. The Balaban J connectivity index is 2.95. The number of phenolic OH excluding ortho intramolecular Hbond substituents is 1. The number of phenols is 1. The minimum Gasteiger partial charge on any atom is -0.506 e. The van der Waals surface area contributed by atoms with Gasteiger partial charge in [-0.1, -0.05) is 0 Å². The number of nitrogens with one attached hydrogen (secondary N) is 1. The van der Waals surface area contributed by atoms with Crippen molar-refractivity contribution in [3.05, 3.63) is 28.3 Å². The first-order chi connectivity index (χ1) is 7.71. The number of anilines is 1. The van der Waals surface area contributed by atoms with Crippen molar-refractivity contribution in [2.24, 2.45) is 0 Å². The van der Waals surface area contributed by atoms with Crippen molar-refractivity contribution in [2.75, 3.05) is 5.32 Å². The number of alkyl halides is 3. The van der Waals surface area contributed by atoms with Gasteiger partial charge in [-0.25, -0.2) is 0 Å². The van der Waals surface area contributed by atoms with Gasteiger partial charge in [-0.05, 0) is 6.07 Å². The maximum Gasteiger partial charge on any atom is 0.378 e. The van der Waals surface area contributed by atoms with Crippen molar-refractivity contribution < 1.29 is 23.6 Å². The average Bonchev–Trinajstić information content (AvgIpc) is 2.19. The molecule has 1 amide bonds. The molecule has 0 aliphatic heterocycles. The van der Waals surface area contributed by atoms with E-state index in [2.05, 4.69) is 0 Å². The number of rotatable bonds is 3. The monoisotopic (exact) mass is 310 g/mol. The molecule has 0 spiro atoms. The SMILES string of the molecule is O=C(Nc1ccc([N+](=O)[O-])cc1O)C(F)(F)Br. The molecule has 6 nitrogen and oxygen atoms in total. The van der Waals surface area contributed by atoms with Crippen molar-refractivity contribution >= 4 is 33.2 Å². The van der Waals surface area contributed by atoms with Crippen LogP contribution in [0, 0.1) is 10.1 Å². The van der Waals surface area contributed by atoms with Crippen LogP contribution in [0.3, 0.4) is 0 Å². The van der Waals surface area contributed by atoms with Gasteiger partial charge in [0, 0.05) is 22.0 Å². The highest BCUT2D eigenvalue weighted by Crippen LogP contribution is 2.30. The fourth-order valence-electron chi connectivity index (χ4n) is 0.932. The number of hydrogen-bond donors (Lipinski definition) is 2. The van der Waals surface area contributed by atoms with Crippen LogP contribution >= 0.6 is 15.9 Å². The first-order valence-corrected chi connectivity index (χ1v) is 4.86. The summed E-state index contributed by atoms with van der Waals surface area (Å²) in [4.78, 5) is 16.6. The van der Waals surface area contributed by atoms with Crippen molar-refractivity contribution in [3.8, 4) is 5.75 Å². The maximum atomic E-state index is 12.5. The van der Waals surface area contributed by atoms with E-state index < -0.39 is 27.1 Å². The van der Waals surface area contributed by atoms with Crippen LogP contribution in [0.1, 0.15) is 0 Å². The van der Waals surface area contributed by atoms with Crippen LogP contribution < -0.4 is 5.32 Å². The minimum absolute atomic E-state index is 0.347. The maximum absolute atomic E-state index is 12.5. The molecule has 1 aromatic rings. The van der Waals surface area contributed by atoms with Gasteiger partial charge in [-0.2, -0.15) is 8.78 Å². The predicted octanol–water partition coefficient (Wildman–Crippen LogP) is 2.23. The zero-order chi connectivity index (χ0) is 13.2. The van der Waals surface area contributed by atoms with E-state index in [0.29, 0.717) is 0 Å². The summed E-state index contributed by atoms with van der Waals surface area (Å²) in [6.07, 6.45) is 0. The first-order valence-electron chi connectivity index (χ1n) is 4.07. The third kappa shape index (κ3) is 3.34. The van der Waals surface area contributed by atoms with Crippen LogP contribution in [-0.4, -0.2) is 20.8 Å². The van der Waals surface area contributed by atoms with Crippen molar-refractivity contribution in [2.45, 2.75) is 4.83 Å². The minimum atomic E-state index is -3.79. The second-order valence-corrected chi connectivity index (χ2v) is 3.91. The Bertz CT molecular complexity index is 475. The quantitative estimate of drug-likeness (QED) is 0.387. The summed E-state index contributed by atoms with van der Waals surface area (Å²) >= 11 is 1.83. The Hall–Kier alpha value is -1.77. The molecule has 0 saturated carbocycles. The van der Waals surface area contributed by atoms with E-state index >= 15 is 0 Å². The molecule has 0 aliphatic carbocycles. The highest BCUT2D eigenvalue weighted by atomic mass is 79.9. The second kappa shape index (κ2) is 4.62. The number of hydrogen-bond acceptors (Lipinski definition) is 4. The summed E-state index contributed by atoms with van der Waals surface area (Å²) in [5.41, 5.74) is -0.772. The molecule has 0 saturated heterocycles. The smallest absolute Gasteiger partial charge is 0.378 e. The third-order valence-corrected chi connectivity index (χ3v) is 2.06. The summed E-state index contributed by atoms with van der Waals surface area (Å²) in [5, 5.41) is 21.3. The fourth-order valence-corrected chi connectivity index (χ4v) is 1.03. The number of carbonyl (C=O) groups excluding carboxylic acids is 1. The Labute approximate surface area is 102 Å². The molecular formula is C8H5BrF2N2O4. The Kier molecular flexibility index (Phi) is 3.61. The standard InChI is InChI=1S/C8H5BrF2N2O4/c9-8(10,11)7(15)12-5-2-1-4(13(16)17)3-6(5)14/h1-3,14H,(H,12,15). The summed E-state index contributed by atoms with van der Waals surface area (Å²) < 4.78 is 24.9. The van der Waals surface area contributed by atoms with E-state index in [1.807, 2.05) is 15.9 Å². The van der Waals surface area contributed by atoms with E-state index in [0.717, 1.165) is 18.2 Å². The molecule has 2 N–H and O–H groups in total. The van der Waals surface area contributed by atoms with E-state index in [9.17, 15) is 28.8 Å². The summed E-state index contributed by atoms with van der Waals surface area (Å²) in [6.45, 7) is 0. The van der Waals surface area contributed by atoms with Crippen molar-refractivity contribution in [3.63, 3.8) is 0 Å². The second-order valence-electron chi connectivity index (χ2n) is 2.91. The Morgan fingerprint density at radius 3 is 2.53 bits per heavy atom. The molecule has 0 bridgehead atoms. The average molecular weight is 311 g/mol. The number of non-ortho nitro benzene ring substituents is 1. The zero-order valence-corrected chi connectivity index (χ0v) is 9.57. The number of aromatic hydroxyl groups is 1. The zero-order valence-electron chi connectivity index (χ0n) is 7.99. The van der Waals surface area contributed by atoms with Crippen LogP contribution in [0.15, 0.2) is 18.2 Å². The summed E-state index contributed by atoms with van der Waals surface area (Å²) in [7, 11) is 0. The number of amides is 1. The number of nitro benzene ring substituents is 1. The fraction of sp³-hybridized carbons (Fsp3) is 0.125. The largest absolute Gasteiger partial charge is 0.506 e. The highest BCUT2D eigenvalue weighted by Gasteiger charge is 2.35. The molecule has 1 rings (SSSR count). The number of nitrogens with zero attached hydrogens (tertiary/aromatic N) is 1. The lowest BCUT2D eigenvalue weighted by Crippen LogP contribution is -2.28. The predicted molar refractivity (Wildman–Crippen MR) is 57.3 cm³/mol. The van der Waals surface area contributed by atoms with Gasteiger partial charge in [0.15, 0.2) is 0 Å². The van der Waals surface area contributed by atoms with Crippen molar-refractivity contribution in [1.29, 1.82) is 0 Å². The van der Waals surface area contributed by atoms with Crippen molar-refractivity contribution in [1.82, 2.24) is 0 Å². The van der Waals surface area contributed by atoms with Gasteiger partial charge in [0.05, 0.1) is 16.7 Å². The molecule has 0 heterocycles. The lowest BCUT2D eigenvalue weighted by molar-refractivity contribution is -0.384. The first kappa shape index (κ1) is 13.3. The highest BCUT2D eigenvalue weighted by molar-refractivity contribution is 9.10. The topological polar surface area (TPSA) is 92.5 Å². The van der Waals surface area contributed by atoms with Crippen LogP contribution in [0.5, 0.6) is 5.75 Å².